The molecule has 0 N–H and O–H groups in total. The first-order valence-corrected chi connectivity index (χ1v) is 19.7. The second-order valence-electron chi connectivity index (χ2n) is 13.5. The maximum Gasteiger partial charge on any atom is 4.00 e. The van der Waals surface area contributed by atoms with Crippen molar-refractivity contribution >= 4 is 25.1 Å². The Balaban J connectivity index is 0.000000623. The largest absolute Gasteiger partial charge is 4.00 e. The van der Waals surface area contributed by atoms with Crippen molar-refractivity contribution in [2.45, 2.75) is 204 Å². The zero-order valence-corrected chi connectivity index (χ0v) is 32.3. The van der Waals surface area contributed by atoms with E-state index >= 15 is 0 Å². The van der Waals surface area contributed by atoms with Crippen molar-refractivity contribution in [3.8, 4) is 0 Å². The molecule has 4 atom stereocenters. The van der Waals surface area contributed by atoms with E-state index in [4.69, 9.17) is 18.9 Å². The monoisotopic (exact) mass is 724 g/mol. The predicted octanol–water partition coefficient (Wildman–Crippen LogP) is 8.90. The standard InChI is InChI=1S/4C10H17O2.Ti/c4*11-9-10-7-5-3-1-2-4-6-8-12-10;/h4*10H,1-8H2;/q4*-1;+4. The molecule has 4 rings (SSSR count). The molecule has 4 heterocycles. The van der Waals surface area contributed by atoms with Crippen molar-refractivity contribution in [2.75, 3.05) is 26.4 Å². The molecule has 0 spiro atoms. The van der Waals surface area contributed by atoms with Crippen molar-refractivity contribution in [1.29, 1.82) is 0 Å². The van der Waals surface area contributed by atoms with Crippen molar-refractivity contribution in [1.82, 2.24) is 0 Å². The van der Waals surface area contributed by atoms with E-state index in [0.717, 1.165) is 103 Å². The summed E-state index contributed by atoms with van der Waals surface area (Å²) in [5, 5.41) is 0. The molecule has 0 aromatic rings. The van der Waals surface area contributed by atoms with Crippen LogP contribution in [-0.4, -0.2) is 76.0 Å². The van der Waals surface area contributed by atoms with E-state index in [1.165, 1.54) is 103 Å². The fourth-order valence-corrected chi connectivity index (χ4v) is 6.16. The van der Waals surface area contributed by atoms with Crippen LogP contribution >= 0.6 is 0 Å². The van der Waals surface area contributed by atoms with Crippen molar-refractivity contribution in [2.24, 2.45) is 0 Å². The summed E-state index contributed by atoms with van der Waals surface area (Å²) in [4.78, 5) is 41.5. The summed E-state index contributed by atoms with van der Waals surface area (Å²) in [5.74, 6) is 0. The van der Waals surface area contributed by atoms with Gasteiger partial charge in [0.25, 0.3) is 0 Å². The van der Waals surface area contributed by atoms with Gasteiger partial charge in [-0.05, 0) is 50.1 Å². The molecule has 4 saturated heterocycles. The van der Waals surface area contributed by atoms with Gasteiger partial charge in [0.1, 0.15) is 0 Å². The molecular weight excluding hydrogens is 656 g/mol. The molecular formula is C40H68O8Ti. The molecule has 4 aliphatic rings. The van der Waals surface area contributed by atoms with E-state index in [1.807, 2.05) is 25.1 Å². The van der Waals surface area contributed by atoms with E-state index < -0.39 is 0 Å². The SMILES string of the molecule is O=[C-]C1CCCCCCCCO1.O=[C-]C1CCCCCCCCO1.O=[C-]C1CCCCCCCCO1.O=[C-]C1CCCCCCCCO1.[Ti+4]. The second kappa shape index (κ2) is 38.5. The van der Waals surface area contributed by atoms with Gasteiger partial charge in [-0.1, -0.05) is 154 Å². The number of carbonyl (C=O) groups excluding carboxylic acids is 4. The van der Waals surface area contributed by atoms with Crippen LogP contribution in [0, 0.1) is 0 Å². The van der Waals surface area contributed by atoms with Crippen LogP contribution in [0.1, 0.15) is 180 Å². The fourth-order valence-electron chi connectivity index (χ4n) is 6.16. The smallest absolute Gasteiger partial charge is 0.539 e. The molecule has 0 radical (unpaired) electrons. The van der Waals surface area contributed by atoms with Gasteiger partial charge in [0.05, 0.1) is 0 Å². The van der Waals surface area contributed by atoms with E-state index in [9.17, 15) is 19.2 Å². The number of rotatable bonds is 4. The summed E-state index contributed by atoms with van der Waals surface area (Å²) >= 11 is 0. The first kappa shape index (κ1) is 48.2. The van der Waals surface area contributed by atoms with Crippen LogP contribution in [0.15, 0.2) is 0 Å². The average molecular weight is 725 g/mol. The fraction of sp³-hybridized carbons (Fsp3) is 0.900. The van der Waals surface area contributed by atoms with Gasteiger partial charge in [-0.15, -0.1) is 0 Å². The molecule has 0 aromatic carbocycles. The summed E-state index contributed by atoms with van der Waals surface area (Å²) in [7, 11) is 0. The second-order valence-corrected chi connectivity index (χ2v) is 13.5. The molecule has 4 unspecified atom stereocenters. The van der Waals surface area contributed by atoms with Crippen molar-refractivity contribution < 1.29 is 59.8 Å². The topological polar surface area (TPSA) is 105 Å². The third-order valence-electron chi connectivity index (χ3n) is 9.24. The van der Waals surface area contributed by atoms with Crippen LogP contribution in [0.5, 0.6) is 0 Å². The predicted molar refractivity (Wildman–Crippen MR) is 191 cm³/mol. The molecule has 0 aliphatic carbocycles. The molecule has 8 nitrogen and oxygen atoms in total. The third-order valence-corrected chi connectivity index (χ3v) is 9.24. The van der Waals surface area contributed by atoms with Gasteiger partial charge in [-0.2, -0.15) is 0 Å². The molecule has 280 valence electrons. The maximum atomic E-state index is 10.4. The molecule has 49 heavy (non-hydrogen) atoms. The van der Waals surface area contributed by atoms with E-state index in [2.05, 4.69) is 0 Å². The summed E-state index contributed by atoms with van der Waals surface area (Å²) in [6.07, 6.45) is 39.5. The van der Waals surface area contributed by atoms with Gasteiger partial charge in [-0.25, -0.2) is 25.1 Å². The normalized spacial score (nSPS) is 27.3. The van der Waals surface area contributed by atoms with Gasteiger partial charge in [0.15, 0.2) is 0 Å². The minimum absolute atomic E-state index is 0. The quantitative estimate of drug-likeness (QED) is 0.209. The van der Waals surface area contributed by atoms with Crippen molar-refractivity contribution in [3.05, 3.63) is 0 Å². The molecule has 4 fully saturated rings. The Morgan fingerprint density at radius 3 is 0.612 bits per heavy atom. The Bertz CT molecular complexity index is 579. The van der Waals surface area contributed by atoms with Crippen LogP contribution in [0.3, 0.4) is 0 Å². The average Bonchev–Trinajstić information content (AvgIpc) is 3.14. The van der Waals surface area contributed by atoms with E-state index in [0.29, 0.717) is 0 Å². The Kier molecular flexibility index (Phi) is 37.9. The molecule has 0 aromatic heterocycles. The summed E-state index contributed by atoms with van der Waals surface area (Å²) in [5.41, 5.74) is 0. The Morgan fingerprint density at radius 2 is 0.429 bits per heavy atom. The van der Waals surface area contributed by atoms with E-state index in [-0.39, 0.29) is 46.1 Å². The van der Waals surface area contributed by atoms with Gasteiger partial charge in [0.2, 0.25) is 0 Å². The Morgan fingerprint density at radius 1 is 0.265 bits per heavy atom. The first-order valence-electron chi connectivity index (χ1n) is 19.7. The summed E-state index contributed by atoms with van der Waals surface area (Å²) in [6, 6.07) is 0. The molecule has 9 heteroatoms. The third kappa shape index (κ3) is 31.7. The molecule has 0 bridgehead atoms. The zero-order chi connectivity index (χ0) is 34.6. The van der Waals surface area contributed by atoms with Gasteiger partial charge in [-0.3, -0.25) is 0 Å². The molecule has 4 aliphatic heterocycles. The van der Waals surface area contributed by atoms with E-state index in [1.54, 1.807) is 0 Å². The van der Waals surface area contributed by atoms with Crippen LogP contribution in [-0.2, 0) is 59.8 Å². The van der Waals surface area contributed by atoms with Crippen molar-refractivity contribution in [3.63, 3.8) is 0 Å². The van der Waals surface area contributed by atoms with Gasteiger partial charge < -0.3 is 38.1 Å². The van der Waals surface area contributed by atoms with Gasteiger partial charge in [0, 0.05) is 26.4 Å². The number of hydrogen-bond donors (Lipinski definition) is 0. The summed E-state index contributed by atoms with van der Waals surface area (Å²) in [6.45, 7) is 2.94. The van der Waals surface area contributed by atoms with Crippen LogP contribution in [0.25, 0.3) is 0 Å². The molecule has 0 amide bonds. The van der Waals surface area contributed by atoms with Crippen LogP contribution < -0.4 is 0 Å². The summed E-state index contributed by atoms with van der Waals surface area (Å²) < 4.78 is 21.4. The van der Waals surface area contributed by atoms with Crippen LogP contribution in [0.2, 0.25) is 0 Å². The Labute approximate surface area is 314 Å². The van der Waals surface area contributed by atoms with Gasteiger partial charge >= 0.3 is 21.7 Å². The first-order chi connectivity index (χ1) is 23.7. The Hall–Kier alpha value is -0.766. The van der Waals surface area contributed by atoms with Crippen LogP contribution in [0.4, 0.5) is 0 Å². The molecule has 0 saturated carbocycles. The number of ether oxygens (including phenoxy) is 4. The minimum Gasteiger partial charge on any atom is -0.539 e. The zero-order valence-electron chi connectivity index (χ0n) is 30.7. The minimum atomic E-state index is -0.247. The number of hydrogen-bond acceptors (Lipinski definition) is 8. The maximum absolute atomic E-state index is 10.4.